The van der Waals surface area contributed by atoms with Gasteiger partial charge in [0.15, 0.2) is 11.9 Å². The summed E-state index contributed by atoms with van der Waals surface area (Å²) in [7, 11) is 0. The number of benzene rings is 1. The van der Waals surface area contributed by atoms with Crippen molar-refractivity contribution in [3.63, 3.8) is 0 Å². The van der Waals surface area contributed by atoms with Crippen molar-refractivity contribution in [1.82, 2.24) is 10.4 Å². The van der Waals surface area contributed by atoms with Crippen LogP contribution in [0.25, 0.3) is 10.9 Å². The number of nitrogens with zero attached hydrogens (tertiary/aromatic N) is 2. The van der Waals surface area contributed by atoms with Crippen LogP contribution in [-0.2, 0) is 11.3 Å². The fourth-order valence-electron chi connectivity index (χ4n) is 2.30. The van der Waals surface area contributed by atoms with Crippen molar-refractivity contribution in [1.29, 1.82) is 0 Å². The van der Waals surface area contributed by atoms with E-state index >= 15 is 0 Å². The molecule has 110 valence electrons. The number of hydrogen-bond acceptors (Lipinski definition) is 2. The van der Waals surface area contributed by atoms with Crippen molar-refractivity contribution >= 4 is 23.0 Å². The van der Waals surface area contributed by atoms with Crippen molar-refractivity contribution < 1.29 is 9.36 Å². The number of nitrogens with one attached hydrogen (secondary N) is 2. The van der Waals surface area contributed by atoms with E-state index in [0.717, 1.165) is 22.2 Å². The molecule has 0 aliphatic rings. The molecule has 0 unspecified atom stereocenters. The minimum absolute atomic E-state index is 0.157. The average Bonchev–Trinajstić information content (AvgIpc) is 2.93. The summed E-state index contributed by atoms with van der Waals surface area (Å²) in [5.74, 6) is -0.157. The van der Waals surface area contributed by atoms with Crippen LogP contribution in [0, 0.1) is 6.92 Å². The number of rotatable bonds is 4. The van der Waals surface area contributed by atoms with Crippen LogP contribution in [0.3, 0.4) is 0 Å². The van der Waals surface area contributed by atoms with E-state index < -0.39 is 0 Å². The summed E-state index contributed by atoms with van der Waals surface area (Å²) >= 11 is 0. The normalized spacial score (nSPS) is 11.1. The lowest BCUT2D eigenvalue weighted by Gasteiger charge is -1.99. The van der Waals surface area contributed by atoms with Gasteiger partial charge in [0.2, 0.25) is 6.54 Å². The summed E-state index contributed by atoms with van der Waals surface area (Å²) in [5, 5.41) is 5.11. The Balaban J connectivity index is 1.65. The number of aromatic nitrogens is 2. The minimum atomic E-state index is -0.157. The molecule has 2 aromatic heterocycles. The number of pyridine rings is 1. The molecule has 0 aliphatic heterocycles. The Hall–Kier alpha value is -2.95. The van der Waals surface area contributed by atoms with E-state index in [9.17, 15) is 4.79 Å². The molecule has 22 heavy (non-hydrogen) atoms. The molecule has 1 amide bonds. The largest absolute Gasteiger partial charge is 0.361 e. The quantitative estimate of drug-likeness (QED) is 0.431. The molecule has 5 nitrogen and oxygen atoms in total. The Morgan fingerprint density at radius 3 is 2.95 bits per heavy atom. The van der Waals surface area contributed by atoms with Gasteiger partial charge < -0.3 is 4.98 Å². The van der Waals surface area contributed by atoms with Gasteiger partial charge >= 0.3 is 5.91 Å². The first kappa shape index (κ1) is 14.0. The van der Waals surface area contributed by atoms with E-state index in [1.165, 1.54) is 0 Å². The third-order valence-electron chi connectivity index (χ3n) is 3.50. The second-order valence-electron chi connectivity index (χ2n) is 5.05. The van der Waals surface area contributed by atoms with E-state index in [0.29, 0.717) is 0 Å². The highest BCUT2D eigenvalue weighted by Crippen LogP contribution is 2.15. The van der Waals surface area contributed by atoms with E-state index in [1.807, 2.05) is 66.3 Å². The molecule has 0 atom stereocenters. The first-order chi connectivity index (χ1) is 10.7. The van der Waals surface area contributed by atoms with Gasteiger partial charge in [0, 0.05) is 41.7 Å². The van der Waals surface area contributed by atoms with Crippen molar-refractivity contribution in [2.24, 2.45) is 5.10 Å². The fourth-order valence-corrected chi connectivity index (χ4v) is 2.30. The van der Waals surface area contributed by atoms with Gasteiger partial charge in [-0.1, -0.05) is 24.3 Å². The Bertz CT molecular complexity index is 835. The lowest BCUT2D eigenvalue weighted by molar-refractivity contribution is -0.690. The van der Waals surface area contributed by atoms with Gasteiger partial charge in [-0.25, -0.2) is 5.43 Å². The highest BCUT2D eigenvalue weighted by Gasteiger charge is 2.10. The number of amides is 1. The molecule has 0 saturated carbocycles. The summed E-state index contributed by atoms with van der Waals surface area (Å²) in [6.07, 6.45) is 5.40. The summed E-state index contributed by atoms with van der Waals surface area (Å²) in [6, 6.07) is 13.8. The first-order valence-electron chi connectivity index (χ1n) is 7.07. The predicted molar refractivity (Wildman–Crippen MR) is 85.4 cm³/mol. The number of para-hydroxylation sites is 1. The Morgan fingerprint density at radius 2 is 2.09 bits per heavy atom. The highest BCUT2D eigenvalue weighted by molar-refractivity contribution is 5.99. The second kappa shape index (κ2) is 6.22. The zero-order chi connectivity index (χ0) is 15.4. The Labute approximate surface area is 128 Å². The zero-order valence-electron chi connectivity index (χ0n) is 12.3. The standard InChI is InChI=1S/C17H16N4O/c1-13-6-4-5-9-21(13)12-17(22)20-19-11-14-10-18-16-8-3-2-7-15(14)16/h2-11H,12H2,1H3,(H-,18,19,20,22)/p+1. The van der Waals surface area contributed by atoms with Crippen LogP contribution >= 0.6 is 0 Å². The number of aromatic amines is 1. The number of carbonyl (C=O) groups excluding carboxylic acids is 1. The lowest BCUT2D eigenvalue weighted by Crippen LogP contribution is -2.43. The van der Waals surface area contributed by atoms with Crippen LogP contribution in [0.1, 0.15) is 11.3 Å². The molecule has 1 aromatic carbocycles. The number of H-pyrrole nitrogens is 1. The maximum absolute atomic E-state index is 11.9. The SMILES string of the molecule is Cc1cccc[n+]1CC(=O)NN=Cc1c[nH]c2ccccc12. The molecule has 5 heteroatoms. The summed E-state index contributed by atoms with van der Waals surface area (Å²) in [5.41, 5.74) is 5.57. The summed E-state index contributed by atoms with van der Waals surface area (Å²) in [6.45, 7) is 2.21. The number of fused-ring (bicyclic) bond motifs is 1. The van der Waals surface area contributed by atoms with Crippen LogP contribution in [0.15, 0.2) is 60.0 Å². The maximum Gasteiger partial charge on any atom is 0.305 e. The monoisotopic (exact) mass is 293 g/mol. The number of aryl methyl sites for hydroxylation is 1. The average molecular weight is 293 g/mol. The van der Waals surface area contributed by atoms with Gasteiger partial charge in [0.05, 0.1) is 6.21 Å². The number of hydrogen-bond donors (Lipinski definition) is 2. The van der Waals surface area contributed by atoms with E-state index in [-0.39, 0.29) is 12.5 Å². The Morgan fingerprint density at radius 1 is 1.27 bits per heavy atom. The number of hydrazone groups is 1. The predicted octanol–water partition coefficient (Wildman–Crippen LogP) is 1.91. The van der Waals surface area contributed by atoms with Crippen molar-refractivity contribution in [2.75, 3.05) is 0 Å². The topological polar surface area (TPSA) is 61.1 Å². The fraction of sp³-hybridized carbons (Fsp3) is 0.118. The molecule has 3 rings (SSSR count). The van der Waals surface area contributed by atoms with E-state index in [2.05, 4.69) is 15.5 Å². The smallest absolute Gasteiger partial charge is 0.305 e. The van der Waals surface area contributed by atoms with Crippen LogP contribution in [0.2, 0.25) is 0 Å². The summed E-state index contributed by atoms with van der Waals surface area (Å²) in [4.78, 5) is 15.1. The van der Waals surface area contributed by atoms with Crippen molar-refractivity contribution in [3.8, 4) is 0 Å². The summed E-state index contributed by atoms with van der Waals surface area (Å²) < 4.78 is 1.87. The third kappa shape index (κ3) is 3.03. The molecular formula is C17H17N4O+. The van der Waals surface area contributed by atoms with Crippen LogP contribution in [-0.4, -0.2) is 17.1 Å². The molecule has 2 heterocycles. The van der Waals surface area contributed by atoms with Crippen molar-refractivity contribution in [3.05, 3.63) is 66.1 Å². The van der Waals surface area contributed by atoms with E-state index in [1.54, 1.807) is 6.21 Å². The van der Waals surface area contributed by atoms with Crippen LogP contribution in [0.5, 0.6) is 0 Å². The lowest BCUT2D eigenvalue weighted by atomic mass is 10.2. The molecule has 0 bridgehead atoms. The van der Waals surface area contributed by atoms with Gasteiger partial charge in [0.1, 0.15) is 0 Å². The molecule has 2 N–H and O–H groups in total. The molecule has 0 aliphatic carbocycles. The molecular weight excluding hydrogens is 276 g/mol. The van der Waals surface area contributed by atoms with Gasteiger partial charge in [-0.15, -0.1) is 0 Å². The van der Waals surface area contributed by atoms with Gasteiger partial charge in [-0.05, 0) is 6.07 Å². The molecule has 0 spiro atoms. The molecule has 0 saturated heterocycles. The third-order valence-corrected chi connectivity index (χ3v) is 3.50. The first-order valence-corrected chi connectivity index (χ1v) is 7.07. The number of carbonyl (C=O) groups is 1. The second-order valence-corrected chi connectivity index (χ2v) is 5.05. The van der Waals surface area contributed by atoms with Gasteiger partial charge in [0.25, 0.3) is 0 Å². The molecule has 0 fully saturated rings. The molecule has 3 aromatic rings. The zero-order valence-corrected chi connectivity index (χ0v) is 12.3. The van der Waals surface area contributed by atoms with Crippen LogP contribution < -0.4 is 9.99 Å². The minimum Gasteiger partial charge on any atom is -0.361 e. The van der Waals surface area contributed by atoms with Gasteiger partial charge in [-0.3, -0.25) is 4.79 Å². The maximum atomic E-state index is 11.9. The van der Waals surface area contributed by atoms with Crippen molar-refractivity contribution in [2.45, 2.75) is 13.5 Å². The molecule has 0 radical (unpaired) electrons. The van der Waals surface area contributed by atoms with E-state index in [4.69, 9.17) is 0 Å². The van der Waals surface area contributed by atoms with Gasteiger partial charge in [-0.2, -0.15) is 9.67 Å². The van der Waals surface area contributed by atoms with Crippen LogP contribution in [0.4, 0.5) is 0 Å². The Kier molecular flexibility index (Phi) is 3.96. The highest BCUT2D eigenvalue weighted by atomic mass is 16.2.